The summed E-state index contributed by atoms with van der Waals surface area (Å²) in [6.07, 6.45) is -8.99. The summed E-state index contributed by atoms with van der Waals surface area (Å²) in [6, 6.07) is 11.9. The average Bonchev–Trinajstić information content (AvgIpc) is 3.51. The van der Waals surface area contributed by atoms with Crippen molar-refractivity contribution < 1.29 is 63.7 Å². The van der Waals surface area contributed by atoms with Crippen LogP contribution in [-0.4, -0.2) is 70.9 Å². The van der Waals surface area contributed by atoms with Crippen LogP contribution in [0.3, 0.4) is 0 Å². The lowest BCUT2D eigenvalue weighted by atomic mass is 9.95. The number of nitrogens with zero attached hydrogens (tertiary/aromatic N) is 2. The van der Waals surface area contributed by atoms with E-state index in [1.54, 1.807) is 6.07 Å². The van der Waals surface area contributed by atoms with Crippen LogP contribution in [0.4, 0.5) is 39.5 Å². The Kier molecular flexibility index (Phi) is 11.9. The van der Waals surface area contributed by atoms with E-state index in [0.29, 0.717) is 24.1 Å². The number of carboxylic acid groups (broad SMARTS) is 2. The molecule has 18 heteroatoms. The summed E-state index contributed by atoms with van der Waals surface area (Å²) in [7, 11) is 0. The van der Waals surface area contributed by atoms with Crippen LogP contribution in [0, 0.1) is 0 Å². The topological polar surface area (TPSA) is 138 Å². The molecule has 2 aromatic carbocycles. The van der Waals surface area contributed by atoms with E-state index in [-0.39, 0.29) is 17.3 Å². The minimum atomic E-state index is -5.08. The van der Waals surface area contributed by atoms with Crippen molar-refractivity contribution >= 4 is 23.1 Å². The molecule has 0 radical (unpaired) electrons. The van der Waals surface area contributed by atoms with Gasteiger partial charge >= 0.3 is 30.5 Å². The Hall–Kier alpha value is -4.71. The fourth-order valence-corrected chi connectivity index (χ4v) is 4.21. The number of benzene rings is 2. The second-order valence-electron chi connectivity index (χ2n) is 9.72. The SMILES string of the molecule is FC(F)(F)c1cc(C2=CCNCC2)ccc1-c1nnc(-c2ccc(C3=CCNCC3)cc2)o1.O=C(O)C(F)(F)F.O=C(O)C(F)(F)F. The molecule has 4 N–H and O–H groups in total. The number of halogens is 9. The van der Waals surface area contributed by atoms with Gasteiger partial charge in [-0.25, -0.2) is 9.59 Å². The molecule has 0 spiro atoms. The summed E-state index contributed by atoms with van der Waals surface area (Å²) in [5, 5.41) is 28.6. The molecule has 1 aromatic heterocycles. The van der Waals surface area contributed by atoms with E-state index in [1.807, 2.05) is 30.3 Å². The second kappa shape index (κ2) is 15.3. The molecule has 0 saturated carbocycles. The van der Waals surface area contributed by atoms with Gasteiger partial charge in [0.1, 0.15) is 0 Å². The normalized spacial score (nSPS) is 15.3. The standard InChI is InChI=1S/C25H23F3N4O.2C2HF3O2/c26-25(27,28)22-15-20(18-9-13-30-14-10-18)5-6-21(22)24-32-31-23(33-24)19-3-1-16(2-4-19)17-7-11-29-12-8-17;2*3-2(4,5)1(6)7/h1-7,9,15,29-30H,8,10-14H2;2*(H,6,7). The highest BCUT2D eigenvalue weighted by molar-refractivity contribution is 5.74. The van der Waals surface area contributed by atoms with Crippen LogP contribution in [0.2, 0.25) is 0 Å². The number of alkyl halides is 9. The summed E-state index contributed by atoms with van der Waals surface area (Å²) >= 11 is 0. The van der Waals surface area contributed by atoms with Gasteiger partial charge in [0, 0.05) is 18.7 Å². The molecule has 254 valence electrons. The predicted molar refractivity (Wildman–Crippen MR) is 148 cm³/mol. The van der Waals surface area contributed by atoms with Gasteiger partial charge in [0.2, 0.25) is 11.8 Å². The van der Waals surface area contributed by atoms with Crippen molar-refractivity contribution in [2.45, 2.75) is 31.4 Å². The van der Waals surface area contributed by atoms with Crippen molar-refractivity contribution in [1.82, 2.24) is 20.8 Å². The van der Waals surface area contributed by atoms with Gasteiger partial charge in [-0.2, -0.15) is 39.5 Å². The minimum absolute atomic E-state index is 0.115. The van der Waals surface area contributed by atoms with Crippen molar-refractivity contribution in [2.24, 2.45) is 0 Å². The van der Waals surface area contributed by atoms with Gasteiger partial charge < -0.3 is 25.3 Å². The van der Waals surface area contributed by atoms with Crippen LogP contribution < -0.4 is 10.6 Å². The van der Waals surface area contributed by atoms with Gasteiger partial charge in [0.25, 0.3) is 0 Å². The van der Waals surface area contributed by atoms with Crippen molar-refractivity contribution in [2.75, 3.05) is 26.2 Å². The van der Waals surface area contributed by atoms with Gasteiger partial charge in [-0.3, -0.25) is 0 Å². The maximum Gasteiger partial charge on any atom is 0.490 e. The molecule has 0 atom stereocenters. The van der Waals surface area contributed by atoms with E-state index in [9.17, 15) is 39.5 Å². The molecule has 2 aliphatic rings. The first kappa shape index (κ1) is 36.8. The third kappa shape index (κ3) is 10.7. The van der Waals surface area contributed by atoms with Crippen molar-refractivity contribution in [3.63, 3.8) is 0 Å². The fourth-order valence-electron chi connectivity index (χ4n) is 4.21. The number of aliphatic carboxylic acids is 2. The molecule has 3 heterocycles. The maximum absolute atomic E-state index is 13.9. The monoisotopic (exact) mass is 680 g/mol. The highest BCUT2D eigenvalue weighted by Crippen LogP contribution is 2.39. The largest absolute Gasteiger partial charge is 0.490 e. The van der Waals surface area contributed by atoms with Crippen molar-refractivity contribution in [1.29, 1.82) is 0 Å². The van der Waals surface area contributed by atoms with E-state index in [1.165, 1.54) is 17.7 Å². The van der Waals surface area contributed by atoms with Crippen LogP contribution in [0.15, 0.2) is 59.0 Å². The molecule has 47 heavy (non-hydrogen) atoms. The molecule has 5 rings (SSSR count). The number of carboxylic acids is 2. The molecule has 0 amide bonds. The highest BCUT2D eigenvalue weighted by atomic mass is 19.4. The van der Waals surface area contributed by atoms with E-state index in [2.05, 4.69) is 26.9 Å². The molecule has 0 saturated heterocycles. The Morgan fingerprint density at radius 1 is 0.660 bits per heavy atom. The Labute approximate surface area is 259 Å². The lowest BCUT2D eigenvalue weighted by molar-refractivity contribution is -0.193. The molecule has 9 nitrogen and oxygen atoms in total. The summed E-state index contributed by atoms with van der Waals surface area (Å²) < 4.78 is 111. The molecular formula is C29H25F9N4O5. The molecule has 3 aromatic rings. The lowest BCUT2D eigenvalue weighted by Gasteiger charge is -2.17. The first-order valence-corrected chi connectivity index (χ1v) is 13.4. The quantitative estimate of drug-likeness (QED) is 0.230. The Bertz CT molecular complexity index is 1590. The zero-order valence-corrected chi connectivity index (χ0v) is 23.9. The minimum Gasteiger partial charge on any atom is -0.475 e. The van der Waals surface area contributed by atoms with E-state index in [4.69, 9.17) is 24.2 Å². The molecule has 0 bridgehead atoms. The smallest absolute Gasteiger partial charge is 0.475 e. The number of rotatable bonds is 4. The summed E-state index contributed by atoms with van der Waals surface area (Å²) in [5.41, 5.74) is 3.62. The third-order valence-corrected chi connectivity index (χ3v) is 6.47. The van der Waals surface area contributed by atoms with Crippen molar-refractivity contribution in [3.8, 4) is 22.9 Å². The van der Waals surface area contributed by atoms with Crippen LogP contribution in [0.25, 0.3) is 34.1 Å². The number of hydrogen-bond acceptors (Lipinski definition) is 7. The number of carbonyl (C=O) groups is 2. The van der Waals surface area contributed by atoms with Gasteiger partial charge in [-0.05, 0) is 72.5 Å². The van der Waals surface area contributed by atoms with Gasteiger partial charge in [0.05, 0.1) is 11.1 Å². The van der Waals surface area contributed by atoms with Crippen LogP contribution in [0.5, 0.6) is 0 Å². The third-order valence-electron chi connectivity index (χ3n) is 6.47. The number of nitrogens with one attached hydrogen (secondary N) is 2. The molecule has 0 fully saturated rings. The van der Waals surface area contributed by atoms with Gasteiger partial charge in [-0.1, -0.05) is 30.4 Å². The average molecular weight is 681 g/mol. The molecule has 0 aliphatic carbocycles. The van der Waals surface area contributed by atoms with Gasteiger partial charge in [-0.15, -0.1) is 10.2 Å². The first-order chi connectivity index (χ1) is 21.9. The van der Waals surface area contributed by atoms with Crippen LogP contribution in [0.1, 0.15) is 29.5 Å². The fraction of sp³-hybridized carbons (Fsp3) is 0.310. The molecular weight excluding hydrogens is 655 g/mol. The Morgan fingerprint density at radius 3 is 1.51 bits per heavy atom. The first-order valence-electron chi connectivity index (χ1n) is 13.4. The Balaban J connectivity index is 0.000000360. The predicted octanol–water partition coefficient (Wildman–Crippen LogP) is 6.44. The van der Waals surface area contributed by atoms with E-state index in [0.717, 1.165) is 37.2 Å². The number of aromatic nitrogens is 2. The maximum atomic E-state index is 13.9. The second-order valence-corrected chi connectivity index (χ2v) is 9.72. The number of hydrogen-bond donors (Lipinski definition) is 4. The van der Waals surface area contributed by atoms with Gasteiger partial charge in [0.15, 0.2) is 0 Å². The summed E-state index contributed by atoms with van der Waals surface area (Å²) in [6.45, 7) is 3.18. The van der Waals surface area contributed by atoms with Crippen molar-refractivity contribution in [3.05, 3.63) is 71.3 Å². The summed E-state index contributed by atoms with van der Waals surface area (Å²) in [5.74, 6) is -5.47. The van der Waals surface area contributed by atoms with Crippen LogP contribution >= 0.6 is 0 Å². The van der Waals surface area contributed by atoms with E-state index >= 15 is 0 Å². The highest BCUT2D eigenvalue weighted by Gasteiger charge is 2.39. The molecule has 0 unspecified atom stereocenters. The van der Waals surface area contributed by atoms with Crippen LogP contribution in [-0.2, 0) is 15.8 Å². The zero-order valence-electron chi connectivity index (χ0n) is 23.9. The zero-order chi connectivity index (χ0) is 35.0. The Morgan fingerprint density at radius 2 is 1.09 bits per heavy atom. The van der Waals surface area contributed by atoms with E-state index < -0.39 is 36.0 Å². The summed E-state index contributed by atoms with van der Waals surface area (Å²) in [4.78, 5) is 17.8. The molecule has 2 aliphatic heterocycles. The lowest BCUT2D eigenvalue weighted by Crippen LogP contribution is -2.21.